The number of thiophene rings is 1. The van der Waals surface area contributed by atoms with Crippen molar-refractivity contribution in [1.82, 2.24) is 0 Å². The maximum absolute atomic E-state index is 12.2. The van der Waals surface area contributed by atoms with E-state index >= 15 is 0 Å². The molecular weight excluding hydrogens is 306 g/mol. The monoisotopic (exact) mass is 333 g/mol. The van der Waals surface area contributed by atoms with Crippen molar-refractivity contribution in [1.29, 1.82) is 0 Å². The molecule has 0 bridgehead atoms. The van der Waals surface area contributed by atoms with E-state index in [9.17, 15) is 9.59 Å². The van der Waals surface area contributed by atoms with Crippen molar-refractivity contribution in [2.75, 3.05) is 5.32 Å². The van der Waals surface area contributed by atoms with Gasteiger partial charge in [-0.25, -0.2) is 0 Å². The van der Waals surface area contributed by atoms with Crippen molar-refractivity contribution < 1.29 is 9.59 Å². The third kappa shape index (κ3) is 3.10. The maximum Gasteiger partial charge on any atom is 0.163 e. The second-order valence-electron chi connectivity index (χ2n) is 7.66. The Balaban J connectivity index is 1.88. The number of hydrogen-bond acceptors (Lipinski definition) is 4. The van der Waals surface area contributed by atoms with E-state index in [-0.39, 0.29) is 17.2 Å². The molecule has 2 atom stereocenters. The van der Waals surface area contributed by atoms with Crippen molar-refractivity contribution in [3.05, 3.63) is 16.0 Å². The zero-order chi connectivity index (χ0) is 16.6. The van der Waals surface area contributed by atoms with Crippen LogP contribution in [0.15, 0.2) is 0 Å². The Morgan fingerprint density at radius 2 is 1.96 bits per heavy atom. The Morgan fingerprint density at radius 1 is 1.22 bits per heavy atom. The van der Waals surface area contributed by atoms with E-state index < -0.39 is 0 Å². The van der Waals surface area contributed by atoms with Crippen LogP contribution in [0.5, 0.6) is 0 Å². The van der Waals surface area contributed by atoms with Crippen LogP contribution in [-0.4, -0.2) is 17.6 Å². The second-order valence-corrected chi connectivity index (χ2v) is 8.76. The molecule has 3 nitrogen and oxygen atoms in total. The van der Waals surface area contributed by atoms with Crippen LogP contribution < -0.4 is 5.32 Å². The SMILES string of the molecule is CC(=O)c1c(NC(C)(C)C2CCCCC2C=O)sc2c1CCC2. The molecule has 2 unspecified atom stereocenters. The summed E-state index contributed by atoms with van der Waals surface area (Å²) < 4.78 is 0. The fourth-order valence-electron chi connectivity index (χ4n) is 4.47. The Kier molecular flexibility index (Phi) is 4.63. The van der Waals surface area contributed by atoms with Crippen LogP contribution in [0.25, 0.3) is 0 Å². The van der Waals surface area contributed by atoms with Gasteiger partial charge in [0.1, 0.15) is 11.3 Å². The first-order valence-corrected chi connectivity index (χ1v) is 9.64. The minimum absolute atomic E-state index is 0.138. The van der Waals surface area contributed by atoms with E-state index in [1.54, 1.807) is 18.3 Å². The summed E-state index contributed by atoms with van der Waals surface area (Å²) in [5.41, 5.74) is 2.01. The predicted octanol–water partition coefficient (Wildman–Crippen LogP) is 4.64. The van der Waals surface area contributed by atoms with Crippen LogP contribution in [0, 0.1) is 11.8 Å². The smallest absolute Gasteiger partial charge is 0.163 e. The number of fused-ring (bicyclic) bond motifs is 1. The lowest BCUT2D eigenvalue weighted by molar-refractivity contribution is -0.114. The highest BCUT2D eigenvalue weighted by molar-refractivity contribution is 7.16. The van der Waals surface area contributed by atoms with Gasteiger partial charge < -0.3 is 10.1 Å². The fraction of sp³-hybridized carbons (Fsp3) is 0.684. The molecule has 4 heteroatoms. The number of carbonyl (C=O) groups is 2. The molecule has 0 saturated heterocycles. The molecular formula is C19H27NO2S. The standard InChI is InChI=1S/C19H27NO2S/c1-12(22)17-14-8-6-10-16(14)23-18(17)20-19(2,3)15-9-5-4-7-13(15)11-21/h11,13,15,20H,4-10H2,1-3H3. The zero-order valence-corrected chi connectivity index (χ0v) is 15.2. The van der Waals surface area contributed by atoms with Gasteiger partial charge in [-0.2, -0.15) is 0 Å². The highest BCUT2D eigenvalue weighted by Crippen LogP contribution is 2.43. The molecule has 2 aliphatic rings. The van der Waals surface area contributed by atoms with Crippen molar-refractivity contribution in [3.8, 4) is 0 Å². The van der Waals surface area contributed by atoms with Crippen LogP contribution in [0.1, 0.15) is 73.7 Å². The van der Waals surface area contributed by atoms with E-state index in [1.165, 1.54) is 23.3 Å². The van der Waals surface area contributed by atoms with E-state index in [4.69, 9.17) is 0 Å². The highest BCUT2D eigenvalue weighted by atomic mass is 32.1. The number of nitrogens with one attached hydrogen (secondary N) is 1. The van der Waals surface area contributed by atoms with Gasteiger partial charge in [0.2, 0.25) is 0 Å². The van der Waals surface area contributed by atoms with Crippen LogP contribution in [-0.2, 0) is 17.6 Å². The highest BCUT2D eigenvalue weighted by Gasteiger charge is 2.38. The molecule has 0 aliphatic heterocycles. The average Bonchev–Trinajstić information content (AvgIpc) is 3.06. The second kappa shape index (κ2) is 6.39. The number of anilines is 1. The normalized spacial score (nSPS) is 24.3. The third-order valence-electron chi connectivity index (χ3n) is 5.63. The lowest BCUT2D eigenvalue weighted by Gasteiger charge is -2.41. The lowest BCUT2D eigenvalue weighted by atomic mass is 9.70. The number of rotatable bonds is 5. The topological polar surface area (TPSA) is 46.2 Å². The van der Waals surface area contributed by atoms with Crippen molar-refractivity contribution in [2.24, 2.45) is 11.8 Å². The van der Waals surface area contributed by atoms with Crippen LogP contribution in [0.2, 0.25) is 0 Å². The maximum atomic E-state index is 12.2. The van der Waals surface area contributed by atoms with Gasteiger partial charge in [-0.05, 0) is 64.4 Å². The van der Waals surface area contributed by atoms with Gasteiger partial charge in [-0.15, -0.1) is 11.3 Å². The van der Waals surface area contributed by atoms with Crippen molar-refractivity contribution in [3.63, 3.8) is 0 Å². The Bertz CT molecular complexity index is 617. The first kappa shape index (κ1) is 16.7. The molecule has 0 radical (unpaired) electrons. The van der Waals surface area contributed by atoms with Gasteiger partial charge in [-0.3, -0.25) is 4.79 Å². The first-order valence-electron chi connectivity index (χ1n) is 8.83. The molecule has 1 aromatic rings. The summed E-state index contributed by atoms with van der Waals surface area (Å²) in [6.07, 6.45) is 8.88. The third-order valence-corrected chi connectivity index (χ3v) is 6.84. The molecule has 0 amide bonds. The van der Waals surface area contributed by atoms with E-state index in [1.807, 2.05) is 0 Å². The van der Waals surface area contributed by atoms with E-state index in [0.29, 0.717) is 5.92 Å². The summed E-state index contributed by atoms with van der Waals surface area (Å²) in [5, 5.41) is 4.70. The van der Waals surface area contributed by atoms with Gasteiger partial charge in [0.05, 0.1) is 5.56 Å². The van der Waals surface area contributed by atoms with Crippen LogP contribution in [0.4, 0.5) is 5.00 Å². The number of Topliss-reactive ketones (excluding diaryl/α,β-unsaturated/α-hetero) is 1. The Morgan fingerprint density at radius 3 is 2.65 bits per heavy atom. The molecule has 1 heterocycles. The van der Waals surface area contributed by atoms with Gasteiger partial charge in [0, 0.05) is 16.3 Å². The summed E-state index contributed by atoms with van der Waals surface area (Å²) in [5.74, 6) is 0.641. The molecule has 1 N–H and O–H groups in total. The summed E-state index contributed by atoms with van der Waals surface area (Å²) in [6.45, 7) is 6.05. The summed E-state index contributed by atoms with van der Waals surface area (Å²) in [4.78, 5) is 25.0. The van der Waals surface area contributed by atoms with Gasteiger partial charge in [-0.1, -0.05) is 12.8 Å². The van der Waals surface area contributed by atoms with E-state index in [0.717, 1.165) is 49.0 Å². The molecule has 2 aliphatic carbocycles. The van der Waals surface area contributed by atoms with Gasteiger partial charge in [0.15, 0.2) is 5.78 Å². The average molecular weight is 333 g/mol. The summed E-state index contributed by atoms with van der Waals surface area (Å²) in [7, 11) is 0. The predicted molar refractivity (Wildman–Crippen MR) is 95.6 cm³/mol. The number of aryl methyl sites for hydroxylation is 1. The molecule has 0 aromatic carbocycles. The van der Waals surface area contributed by atoms with Crippen molar-refractivity contribution >= 4 is 28.4 Å². The molecule has 1 fully saturated rings. The molecule has 0 spiro atoms. The molecule has 23 heavy (non-hydrogen) atoms. The van der Waals surface area contributed by atoms with Gasteiger partial charge in [0.25, 0.3) is 0 Å². The largest absolute Gasteiger partial charge is 0.371 e. The quantitative estimate of drug-likeness (QED) is 0.631. The van der Waals surface area contributed by atoms with Crippen LogP contribution >= 0.6 is 11.3 Å². The fourth-order valence-corrected chi connectivity index (χ4v) is 5.97. The van der Waals surface area contributed by atoms with Crippen LogP contribution in [0.3, 0.4) is 0 Å². The molecule has 3 rings (SSSR count). The van der Waals surface area contributed by atoms with Crippen molar-refractivity contribution in [2.45, 2.75) is 71.3 Å². The Labute approximate surface area is 142 Å². The van der Waals surface area contributed by atoms with E-state index in [2.05, 4.69) is 19.2 Å². The lowest BCUT2D eigenvalue weighted by Crippen LogP contribution is -2.45. The first-order chi connectivity index (χ1) is 10.9. The minimum Gasteiger partial charge on any atom is -0.371 e. The zero-order valence-electron chi connectivity index (χ0n) is 14.4. The minimum atomic E-state index is -0.172. The number of ketones is 1. The molecule has 126 valence electrons. The number of aldehydes is 1. The summed E-state index contributed by atoms with van der Waals surface area (Å²) >= 11 is 1.76. The molecule has 1 aromatic heterocycles. The molecule has 1 saturated carbocycles. The van der Waals surface area contributed by atoms with Gasteiger partial charge >= 0.3 is 0 Å². The Hall–Kier alpha value is -1.16. The number of carbonyl (C=O) groups excluding carboxylic acids is 2. The summed E-state index contributed by atoms with van der Waals surface area (Å²) in [6, 6.07) is 0. The number of hydrogen-bond donors (Lipinski definition) is 1.